The second kappa shape index (κ2) is 5.30. The summed E-state index contributed by atoms with van der Waals surface area (Å²) in [4.78, 5) is 2.03. The van der Waals surface area contributed by atoms with E-state index in [1.807, 2.05) is 11.8 Å². The van der Waals surface area contributed by atoms with Crippen LogP contribution in [0.2, 0.25) is 5.15 Å². The molecule has 6 heteroatoms. The first-order valence-electron chi connectivity index (χ1n) is 6.94. The van der Waals surface area contributed by atoms with E-state index in [1.165, 1.54) is 12.1 Å². The lowest BCUT2D eigenvalue weighted by atomic mass is 10.1. The summed E-state index contributed by atoms with van der Waals surface area (Å²) >= 11 is 6.29. The van der Waals surface area contributed by atoms with Crippen LogP contribution in [-0.4, -0.2) is 16.3 Å². The number of rotatable bonds is 3. The Hall–Kier alpha value is -1.62. The molecule has 0 aliphatic carbocycles. The van der Waals surface area contributed by atoms with Crippen molar-refractivity contribution in [3.8, 4) is 0 Å². The maximum absolute atomic E-state index is 13.5. The number of hydrogen-bond donors (Lipinski definition) is 0. The van der Waals surface area contributed by atoms with Gasteiger partial charge in [-0.05, 0) is 24.5 Å². The zero-order chi connectivity index (χ0) is 15.1. The molecule has 0 N–H and O–H groups in total. The fourth-order valence-electron chi connectivity index (χ4n) is 2.84. The highest BCUT2D eigenvalue weighted by Gasteiger charge is 2.24. The van der Waals surface area contributed by atoms with Crippen LogP contribution in [0.5, 0.6) is 0 Å². The number of benzene rings is 1. The molecule has 0 saturated heterocycles. The Labute approximate surface area is 127 Å². The molecule has 1 aromatic heterocycles. The van der Waals surface area contributed by atoms with Crippen molar-refractivity contribution in [2.75, 3.05) is 11.4 Å². The summed E-state index contributed by atoms with van der Waals surface area (Å²) in [6.07, 6.45) is 1.50. The summed E-state index contributed by atoms with van der Waals surface area (Å²) in [5.41, 5.74) is 3.49. The molecule has 2 aromatic rings. The highest BCUT2D eigenvalue weighted by molar-refractivity contribution is 6.30. The van der Waals surface area contributed by atoms with Gasteiger partial charge < -0.3 is 4.90 Å². The number of nitrogens with zero attached hydrogens (tertiary/aromatic N) is 3. The smallest absolute Gasteiger partial charge is 0.160 e. The molecule has 112 valence electrons. The van der Waals surface area contributed by atoms with Gasteiger partial charge in [-0.25, -0.2) is 8.78 Å². The van der Waals surface area contributed by atoms with Gasteiger partial charge in [-0.2, -0.15) is 5.10 Å². The van der Waals surface area contributed by atoms with Crippen molar-refractivity contribution in [1.82, 2.24) is 9.78 Å². The number of anilines is 1. The first-order valence-corrected chi connectivity index (χ1v) is 7.32. The Bertz CT molecular complexity index is 697. The Morgan fingerprint density at radius 1 is 1.29 bits per heavy atom. The van der Waals surface area contributed by atoms with Crippen LogP contribution in [0.15, 0.2) is 12.1 Å². The second-order valence-electron chi connectivity index (χ2n) is 5.26. The minimum absolute atomic E-state index is 0.563. The van der Waals surface area contributed by atoms with Gasteiger partial charge in [0.2, 0.25) is 0 Å². The van der Waals surface area contributed by atoms with E-state index >= 15 is 0 Å². The third-order valence-electron chi connectivity index (χ3n) is 3.95. The Kier molecular flexibility index (Phi) is 3.61. The van der Waals surface area contributed by atoms with E-state index in [0.29, 0.717) is 18.1 Å². The lowest BCUT2D eigenvalue weighted by Crippen LogP contribution is -2.20. The van der Waals surface area contributed by atoms with Crippen molar-refractivity contribution >= 4 is 17.3 Å². The molecule has 3 nitrogen and oxygen atoms in total. The van der Waals surface area contributed by atoms with Gasteiger partial charge in [0.15, 0.2) is 11.6 Å². The molecule has 0 fully saturated rings. The van der Waals surface area contributed by atoms with E-state index in [1.54, 1.807) is 11.7 Å². The van der Waals surface area contributed by atoms with Crippen LogP contribution in [0.1, 0.15) is 23.7 Å². The molecule has 0 atom stereocenters. The fraction of sp³-hybridized carbons (Fsp3) is 0.400. The van der Waals surface area contributed by atoms with E-state index in [4.69, 9.17) is 11.6 Å². The Morgan fingerprint density at radius 3 is 2.71 bits per heavy atom. The molecule has 0 bridgehead atoms. The lowest BCUT2D eigenvalue weighted by Gasteiger charge is -2.19. The van der Waals surface area contributed by atoms with Crippen LogP contribution in [0, 0.1) is 11.6 Å². The maximum Gasteiger partial charge on any atom is 0.160 e. The van der Waals surface area contributed by atoms with Gasteiger partial charge in [0.1, 0.15) is 5.15 Å². The van der Waals surface area contributed by atoms with E-state index in [-0.39, 0.29) is 0 Å². The molecular weight excluding hydrogens is 296 g/mol. The van der Waals surface area contributed by atoms with Gasteiger partial charge in [0.25, 0.3) is 0 Å². The fourth-order valence-corrected chi connectivity index (χ4v) is 3.05. The molecule has 1 aliphatic rings. The van der Waals surface area contributed by atoms with Crippen molar-refractivity contribution in [3.05, 3.63) is 45.7 Å². The summed E-state index contributed by atoms with van der Waals surface area (Å²) in [5.74, 6) is -1.60. The van der Waals surface area contributed by atoms with Crippen molar-refractivity contribution in [2.45, 2.75) is 26.3 Å². The van der Waals surface area contributed by atoms with E-state index in [9.17, 15) is 8.78 Å². The van der Waals surface area contributed by atoms with Crippen LogP contribution < -0.4 is 4.90 Å². The van der Waals surface area contributed by atoms with Crippen LogP contribution in [0.3, 0.4) is 0 Å². The molecular formula is C15H16ClF2N3. The average Bonchev–Trinajstić information content (AvgIpc) is 2.96. The van der Waals surface area contributed by atoms with Gasteiger partial charge in [-0.3, -0.25) is 4.68 Å². The van der Waals surface area contributed by atoms with Crippen LogP contribution >= 0.6 is 11.6 Å². The van der Waals surface area contributed by atoms with Crippen molar-refractivity contribution in [2.24, 2.45) is 7.05 Å². The molecule has 1 aromatic carbocycles. The minimum Gasteiger partial charge on any atom is -0.366 e. The summed E-state index contributed by atoms with van der Waals surface area (Å²) in [7, 11) is 1.80. The van der Waals surface area contributed by atoms with Gasteiger partial charge in [-0.15, -0.1) is 0 Å². The minimum atomic E-state index is -0.811. The molecule has 2 heterocycles. The monoisotopic (exact) mass is 311 g/mol. The summed E-state index contributed by atoms with van der Waals surface area (Å²) in [6.45, 7) is 3.32. The van der Waals surface area contributed by atoms with E-state index in [0.717, 1.165) is 35.5 Å². The van der Waals surface area contributed by atoms with E-state index in [2.05, 4.69) is 5.10 Å². The number of halogens is 3. The maximum atomic E-state index is 13.5. The highest BCUT2D eigenvalue weighted by atomic mass is 35.5. The van der Waals surface area contributed by atoms with Gasteiger partial charge in [0.05, 0.1) is 5.69 Å². The van der Waals surface area contributed by atoms with Gasteiger partial charge >= 0.3 is 0 Å². The molecule has 3 rings (SSSR count). The Balaban J connectivity index is 1.94. The summed E-state index contributed by atoms with van der Waals surface area (Å²) in [6, 6.07) is 2.56. The predicted octanol–water partition coefficient (Wildman–Crippen LogP) is 3.48. The molecule has 1 aliphatic heterocycles. The first kappa shape index (κ1) is 14.3. The van der Waals surface area contributed by atoms with Gasteiger partial charge in [0, 0.05) is 37.5 Å². The van der Waals surface area contributed by atoms with Crippen molar-refractivity contribution in [1.29, 1.82) is 0 Å². The second-order valence-corrected chi connectivity index (χ2v) is 5.62. The van der Waals surface area contributed by atoms with Crippen molar-refractivity contribution < 1.29 is 8.78 Å². The number of hydrogen-bond acceptors (Lipinski definition) is 2. The standard InChI is InChI=1S/C15H16ClF2N3/c1-3-13-10(15(16)20(2)19-13)8-21-5-4-9-6-11(17)12(18)7-14(9)21/h6-7H,3-5,8H2,1-2H3. The lowest BCUT2D eigenvalue weighted by molar-refractivity contribution is 0.508. The largest absolute Gasteiger partial charge is 0.366 e. The number of aromatic nitrogens is 2. The number of aryl methyl sites for hydroxylation is 2. The SMILES string of the molecule is CCc1nn(C)c(Cl)c1CN1CCc2cc(F)c(F)cc21. The van der Waals surface area contributed by atoms with Crippen molar-refractivity contribution in [3.63, 3.8) is 0 Å². The van der Waals surface area contributed by atoms with Crippen LogP contribution in [0.25, 0.3) is 0 Å². The highest BCUT2D eigenvalue weighted by Crippen LogP contribution is 2.33. The average molecular weight is 312 g/mol. The molecule has 0 radical (unpaired) electrons. The molecule has 21 heavy (non-hydrogen) atoms. The van der Waals surface area contributed by atoms with E-state index < -0.39 is 11.6 Å². The quantitative estimate of drug-likeness (QED) is 0.865. The zero-order valence-electron chi connectivity index (χ0n) is 12.0. The Morgan fingerprint density at radius 2 is 2.00 bits per heavy atom. The number of fused-ring (bicyclic) bond motifs is 1. The predicted molar refractivity (Wildman–Crippen MR) is 78.7 cm³/mol. The third-order valence-corrected chi connectivity index (χ3v) is 4.42. The summed E-state index contributed by atoms with van der Waals surface area (Å²) < 4.78 is 28.4. The molecule has 0 unspecified atom stereocenters. The topological polar surface area (TPSA) is 21.1 Å². The molecule has 0 spiro atoms. The van der Waals surface area contributed by atoms with Gasteiger partial charge in [-0.1, -0.05) is 18.5 Å². The zero-order valence-corrected chi connectivity index (χ0v) is 12.7. The summed E-state index contributed by atoms with van der Waals surface area (Å²) in [5, 5.41) is 4.98. The molecule has 0 saturated carbocycles. The molecule has 0 amide bonds. The van der Waals surface area contributed by atoms with Crippen LogP contribution in [0.4, 0.5) is 14.5 Å². The third kappa shape index (κ3) is 2.39. The van der Waals surface area contributed by atoms with Crippen LogP contribution in [-0.2, 0) is 26.4 Å². The first-order chi connectivity index (χ1) is 10.0. The normalized spacial score (nSPS) is 13.9.